The van der Waals surface area contributed by atoms with Gasteiger partial charge in [0.2, 0.25) is 6.54 Å². The molecule has 0 N–H and O–H groups in total. The molecule has 0 aromatic heterocycles. The maximum atomic E-state index is 13.0. The van der Waals surface area contributed by atoms with Gasteiger partial charge in [-0.2, -0.15) is 0 Å². The van der Waals surface area contributed by atoms with Crippen molar-refractivity contribution >= 4 is 27.4 Å². The number of hydrogen-bond acceptors (Lipinski definition) is 6. The highest BCUT2D eigenvalue weighted by Crippen LogP contribution is 2.38. The van der Waals surface area contributed by atoms with Gasteiger partial charge in [-0.15, -0.1) is 0 Å². The van der Waals surface area contributed by atoms with Gasteiger partial charge >= 0.3 is 0 Å². The molecule has 0 radical (unpaired) electrons. The number of carbonyl (C=O) groups is 1. The van der Waals surface area contributed by atoms with Crippen LogP contribution in [0.5, 0.6) is 5.75 Å². The number of halogens is 1. The summed E-state index contributed by atoms with van der Waals surface area (Å²) in [4.78, 5) is 34.0. The van der Waals surface area contributed by atoms with E-state index in [0.717, 1.165) is 6.07 Å². The second kappa shape index (κ2) is 7.61. The Morgan fingerprint density at radius 1 is 1.19 bits per heavy atom. The number of ether oxygens (including phenoxy) is 1. The molecule has 0 aliphatic carbocycles. The normalized spacial score (nSPS) is 10.5. The third-order valence-electron chi connectivity index (χ3n) is 4.08. The first-order valence-corrected chi connectivity index (χ1v) is 8.24. The summed E-state index contributed by atoms with van der Waals surface area (Å²) >= 11 is 3.29. The summed E-state index contributed by atoms with van der Waals surface area (Å²) in [6.07, 6.45) is 0. The number of nitro benzene ring substituents is 1. The van der Waals surface area contributed by atoms with E-state index in [1.807, 2.05) is 0 Å². The van der Waals surface area contributed by atoms with Gasteiger partial charge in [0.05, 0.1) is 22.1 Å². The maximum absolute atomic E-state index is 13.0. The summed E-state index contributed by atoms with van der Waals surface area (Å²) in [5.41, 5.74) is 1.36. The molecule has 0 atom stereocenters. The molecule has 0 aliphatic rings. The van der Waals surface area contributed by atoms with Crippen LogP contribution in [0.3, 0.4) is 0 Å². The Morgan fingerprint density at radius 3 is 2.38 bits per heavy atom. The molecular formula is C17H15BrN2O6. The minimum atomic E-state index is -0.600. The number of nitrogens with zero attached hydrogens (tertiary/aromatic N) is 2. The van der Waals surface area contributed by atoms with Crippen molar-refractivity contribution in [2.75, 3.05) is 7.11 Å². The van der Waals surface area contributed by atoms with Gasteiger partial charge in [0, 0.05) is 28.2 Å². The fourth-order valence-electron chi connectivity index (χ4n) is 2.73. The molecule has 136 valence electrons. The van der Waals surface area contributed by atoms with E-state index < -0.39 is 22.2 Å². The van der Waals surface area contributed by atoms with Gasteiger partial charge in [-0.3, -0.25) is 25.0 Å². The molecule has 0 saturated carbocycles. The number of non-ortho nitro benzene ring substituents is 1. The van der Waals surface area contributed by atoms with Gasteiger partial charge < -0.3 is 4.74 Å². The van der Waals surface area contributed by atoms with Crippen LogP contribution < -0.4 is 4.74 Å². The van der Waals surface area contributed by atoms with E-state index in [1.165, 1.54) is 25.3 Å². The standard InChI is InChI=1S/C17H15BrN2O6/c1-9-10(2)17(26-3)15(18)13(8-19(22)23)14(9)16(21)11-5-4-6-12(7-11)20(24)25/h4-7H,8H2,1-3H3. The molecule has 0 heterocycles. The molecule has 9 heteroatoms. The number of benzene rings is 2. The molecule has 0 saturated heterocycles. The fraction of sp³-hybridized carbons (Fsp3) is 0.235. The van der Waals surface area contributed by atoms with Crippen LogP contribution in [0.25, 0.3) is 0 Å². The van der Waals surface area contributed by atoms with Crippen LogP contribution in [0.1, 0.15) is 32.6 Å². The highest BCUT2D eigenvalue weighted by molar-refractivity contribution is 9.10. The molecular weight excluding hydrogens is 408 g/mol. The lowest BCUT2D eigenvalue weighted by Gasteiger charge is -2.18. The van der Waals surface area contributed by atoms with Gasteiger partial charge in [-0.25, -0.2) is 0 Å². The summed E-state index contributed by atoms with van der Waals surface area (Å²) in [6, 6.07) is 5.28. The van der Waals surface area contributed by atoms with Crippen molar-refractivity contribution in [3.05, 3.63) is 76.8 Å². The number of carbonyl (C=O) groups excluding carboxylic acids is 1. The first kappa shape index (κ1) is 19.5. The van der Waals surface area contributed by atoms with Crippen molar-refractivity contribution in [1.29, 1.82) is 0 Å². The molecule has 0 spiro atoms. The van der Waals surface area contributed by atoms with E-state index in [0.29, 0.717) is 21.3 Å². The number of rotatable bonds is 6. The highest BCUT2D eigenvalue weighted by Gasteiger charge is 2.27. The lowest BCUT2D eigenvalue weighted by atomic mass is 9.90. The number of methoxy groups -OCH3 is 1. The second-order valence-corrected chi connectivity index (χ2v) is 6.37. The average molecular weight is 423 g/mol. The first-order valence-electron chi connectivity index (χ1n) is 7.45. The van der Waals surface area contributed by atoms with Crippen LogP contribution in [0.15, 0.2) is 28.7 Å². The number of hydrogen-bond donors (Lipinski definition) is 0. The van der Waals surface area contributed by atoms with Gasteiger partial charge in [-0.05, 0) is 40.9 Å². The molecule has 8 nitrogen and oxygen atoms in total. The van der Waals surface area contributed by atoms with Crippen molar-refractivity contribution in [3.8, 4) is 5.75 Å². The molecule has 2 aromatic carbocycles. The van der Waals surface area contributed by atoms with Crippen molar-refractivity contribution in [1.82, 2.24) is 0 Å². The summed E-state index contributed by atoms with van der Waals surface area (Å²) in [5, 5.41) is 22.1. The average Bonchev–Trinajstić information content (AvgIpc) is 2.59. The van der Waals surface area contributed by atoms with Crippen molar-refractivity contribution in [2.45, 2.75) is 20.4 Å². The van der Waals surface area contributed by atoms with Crippen molar-refractivity contribution in [2.24, 2.45) is 0 Å². The Balaban J connectivity index is 2.75. The Bertz CT molecular complexity index is 926. The van der Waals surface area contributed by atoms with E-state index in [1.54, 1.807) is 13.8 Å². The van der Waals surface area contributed by atoms with Crippen LogP contribution in [0.2, 0.25) is 0 Å². The lowest BCUT2D eigenvalue weighted by Crippen LogP contribution is -2.14. The van der Waals surface area contributed by atoms with Crippen LogP contribution in [0.4, 0.5) is 5.69 Å². The zero-order valence-corrected chi connectivity index (χ0v) is 15.8. The minimum Gasteiger partial charge on any atom is -0.495 e. The van der Waals surface area contributed by atoms with Gasteiger partial charge in [-0.1, -0.05) is 12.1 Å². The van der Waals surface area contributed by atoms with Gasteiger partial charge in [0.25, 0.3) is 5.69 Å². The molecule has 2 rings (SSSR count). The molecule has 26 heavy (non-hydrogen) atoms. The SMILES string of the molecule is COc1c(C)c(C)c(C(=O)c2cccc([N+](=O)[O-])c2)c(C[N+](=O)[O-])c1Br. The Labute approximate surface area is 157 Å². The maximum Gasteiger partial charge on any atom is 0.270 e. The monoisotopic (exact) mass is 422 g/mol. The number of ketones is 1. The summed E-state index contributed by atoms with van der Waals surface area (Å²) in [7, 11) is 1.44. The predicted molar refractivity (Wildman–Crippen MR) is 97.4 cm³/mol. The van der Waals surface area contributed by atoms with Crippen LogP contribution in [-0.2, 0) is 6.54 Å². The molecule has 0 amide bonds. The van der Waals surface area contributed by atoms with Crippen molar-refractivity contribution < 1.29 is 19.4 Å². The zero-order valence-electron chi connectivity index (χ0n) is 14.2. The molecule has 2 aromatic rings. The predicted octanol–water partition coefficient (Wildman–Crippen LogP) is 3.99. The van der Waals surface area contributed by atoms with E-state index in [4.69, 9.17) is 4.74 Å². The number of nitro groups is 2. The van der Waals surface area contributed by atoms with Gasteiger partial charge in [0.15, 0.2) is 5.78 Å². The van der Waals surface area contributed by atoms with Crippen LogP contribution >= 0.6 is 15.9 Å². The Kier molecular flexibility index (Phi) is 5.71. The third-order valence-corrected chi connectivity index (χ3v) is 4.92. The molecule has 0 aliphatic heterocycles. The van der Waals surface area contributed by atoms with Crippen LogP contribution in [0, 0.1) is 34.1 Å². The summed E-state index contributed by atoms with van der Waals surface area (Å²) in [6.45, 7) is 2.81. The van der Waals surface area contributed by atoms with E-state index in [2.05, 4.69) is 15.9 Å². The second-order valence-electron chi connectivity index (χ2n) is 5.58. The van der Waals surface area contributed by atoms with Crippen LogP contribution in [-0.4, -0.2) is 22.7 Å². The van der Waals surface area contributed by atoms with E-state index in [-0.39, 0.29) is 22.4 Å². The first-order chi connectivity index (χ1) is 12.2. The van der Waals surface area contributed by atoms with E-state index >= 15 is 0 Å². The van der Waals surface area contributed by atoms with Crippen molar-refractivity contribution in [3.63, 3.8) is 0 Å². The smallest absolute Gasteiger partial charge is 0.270 e. The summed E-state index contributed by atoms with van der Waals surface area (Å²) < 4.78 is 5.63. The Hall–Kier alpha value is -2.81. The largest absolute Gasteiger partial charge is 0.495 e. The zero-order chi connectivity index (χ0) is 19.6. The fourth-order valence-corrected chi connectivity index (χ4v) is 3.51. The highest BCUT2D eigenvalue weighted by atomic mass is 79.9. The topological polar surface area (TPSA) is 113 Å². The quantitative estimate of drug-likeness (QED) is 0.395. The Morgan fingerprint density at radius 2 is 1.85 bits per heavy atom. The van der Waals surface area contributed by atoms with E-state index in [9.17, 15) is 25.0 Å². The van der Waals surface area contributed by atoms with Gasteiger partial charge in [0.1, 0.15) is 5.75 Å². The molecule has 0 unspecified atom stereocenters. The molecule has 0 fully saturated rings. The lowest BCUT2D eigenvalue weighted by molar-refractivity contribution is -0.497. The summed E-state index contributed by atoms with van der Waals surface area (Å²) in [5.74, 6) is -0.107. The third kappa shape index (κ3) is 3.57. The molecule has 0 bridgehead atoms. The minimum absolute atomic E-state index is 0.0864.